The Kier molecular flexibility index (Phi) is 8.62. The minimum Gasteiger partial charge on any atom is -0.494 e. The van der Waals surface area contributed by atoms with E-state index in [1.165, 1.54) is 19.2 Å². The van der Waals surface area contributed by atoms with E-state index in [9.17, 15) is 14.0 Å². The second-order valence-electron chi connectivity index (χ2n) is 8.80. The quantitative estimate of drug-likeness (QED) is 0.589. The molecule has 1 N–H and O–H groups in total. The number of nitrogens with zero attached hydrogens (tertiary/aromatic N) is 3. The predicted octanol–water partition coefficient (Wildman–Crippen LogP) is 3.83. The maximum Gasteiger partial charge on any atom is 0.254 e. The fourth-order valence-corrected chi connectivity index (χ4v) is 4.54. The Hall–Kier alpha value is -3.78. The van der Waals surface area contributed by atoms with Gasteiger partial charge in [-0.25, -0.2) is 4.39 Å². The second kappa shape index (κ2) is 12.3. The molecule has 1 saturated heterocycles. The van der Waals surface area contributed by atoms with E-state index in [0.29, 0.717) is 45.6 Å². The van der Waals surface area contributed by atoms with Gasteiger partial charge in [0.2, 0.25) is 5.91 Å². The van der Waals surface area contributed by atoms with Crippen molar-refractivity contribution in [2.75, 3.05) is 33.3 Å². The number of nitrogens with one attached hydrogen (secondary N) is 1. The van der Waals surface area contributed by atoms with E-state index in [4.69, 9.17) is 4.74 Å². The lowest BCUT2D eigenvalue weighted by Crippen LogP contribution is -2.39. The van der Waals surface area contributed by atoms with Crippen molar-refractivity contribution in [1.29, 1.82) is 0 Å². The topological polar surface area (TPSA) is 74.8 Å². The molecule has 1 atom stereocenters. The van der Waals surface area contributed by atoms with Crippen LogP contribution < -0.4 is 10.1 Å². The van der Waals surface area contributed by atoms with Gasteiger partial charge in [-0.15, -0.1) is 0 Å². The number of halogens is 1. The number of carbonyl (C=O) groups is 2. The maximum atomic E-state index is 14.2. The zero-order chi connectivity index (χ0) is 25.3. The fourth-order valence-electron chi connectivity index (χ4n) is 4.54. The van der Waals surface area contributed by atoms with E-state index in [1.54, 1.807) is 23.4 Å². The molecule has 2 aromatic carbocycles. The molecule has 0 spiro atoms. The minimum atomic E-state index is -0.580. The lowest BCUT2D eigenvalue weighted by atomic mass is 10.00. The highest BCUT2D eigenvalue weighted by atomic mass is 19.1. The van der Waals surface area contributed by atoms with Gasteiger partial charge in [0.1, 0.15) is 0 Å². The number of methoxy groups -OCH3 is 1. The summed E-state index contributed by atoms with van der Waals surface area (Å²) in [4.78, 5) is 34.2. The first-order chi connectivity index (χ1) is 17.5. The van der Waals surface area contributed by atoms with Crippen LogP contribution in [-0.4, -0.2) is 59.9 Å². The number of ether oxygens (including phenoxy) is 1. The van der Waals surface area contributed by atoms with Gasteiger partial charge in [-0.2, -0.15) is 0 Å². The highest BCUT2D eigenvalue weighted by Crippen LogP contribution is 2.27. The molecule has 0 saturated carbocycles. The number of carbonyl (C=O) groups excluding carboxylic acids is 2. The molecule has 3 aromatic rings. The van der Waals surface area contributed by atoms with Gasteiger partial charge in [0.15, 0.2) is 11.6 Å². The van der Waals surface area contributed by atoms with Gasteiger partial charge in [0, 0.05) is 63.1 Å². The second-order valence-corrected chi connectivity index (χ2v) is 8.80. The van der Waals surface area contributed by atoms with Crippen LogP contribution in [0, 0.1) is 5.82 Å². The third-order valence-electron chi connectivity index (χ3n) is 6.40. The SMILES string of the molecule is COc1ccc(C(=O)N2CCCN(Cc3ccncc3)C(c3ccccc3)CC(=O)NCC2)cc1F. The molecule has 1 aromatic heterocycles. The minimum absolute atomic E-state index is 0.0756. The molecule has 1 fully saturated rings. The molecule has 1 unspecified atom stereocenters. The Balaban J connectivity index is 1.57. The first kappa shape index (κ1) is 25.3. The summed E-state index contributed by atoms with van der Waals surface area (Å²) < 4.78 is 19.2. The van der Waals surface area contributed by atoms with Gasteiger partial charge in [-0.3, -0.25) is 19.5 Å². The van der Waals surface area contributed by atoms with Crippen molar-refractivity contribution in [2.24, 2.45) is 0 Å². The van der Waals surface area contributed by atoms with Gasteiger partial charge in [-0.1, -0.05) is 30.3 Å². The van der Waals surface area contributed by atoms with Gasteiger partial charge in [0.25, 0.3) is 5.91 Å². The van der Waals surface area contributed by atoms with Crippen molar-refractivity contribution in [3.8, 4) is 5.75 Å². The summed E-state index contributed by atoms with van der Waals surface area (Å²) in [6.45, 7) is 2.48. The van der Waals surface area contributed by atoms with Crippen LogP contribution in [0.2, 0.25) is 0 Å². The van der Waals surface area contributed by atoms with E-state index in [-0.39, 0.29) is 29.2 Å². The van der Waals surface area contributed by atoms with Crippen LogP contribution in [0.25, 0.3) is 0 Å². The number of benzene rings is 2. The van der Waals surface area contributed by atoms with Crippen molar-refractivity contribution in [3.05, 3.63) is 95.6 Å². The summed E-state index contributed by atoms with van der Waals surface area (Å²) in [5, 5.41) is 2.97. The van der Waals surface area contributed by atoms with Crippen LogP contribution in [0.3, 0.4) is 0 Å². The summed E-state index contributed by atoms with van der Waals surface area (Å²) in [5.74, 6) is -0.836. The Morgan fingerprint density at radius 1 is 1.08 bits per heavy atom. The van der Waals surface area contributed by atoms with Crippen molar-refractivity contribution >= 4 is 11.8 Å². The van der Waals surface area contributed by atoms with Gasteiger partial charge >= 0.3 is 0 Å². The predicted molar refractivity (Wildman–Crippen MR) is 135 cm³/mol. The van der Waals surface area contributed by atoms with Crippen molar-refractivity contribution in [1.82, 2.24) is 20.1 Å². The maximum absolute atomic E-state index is 14.2. The highest BCUT2D eigenvalue weighted by molar-refractivity contribution is 5.94. The average molecular weight is 491 g/mol. The van der Waals surface area contributed by atoms with Crippen LogP contribution in [-0.2, 0) is 11.3 Å². The lowest BCUT2D eigenvalue weighted by Gasteiger charge is -2.32. The first-order valence-electron chi connectivity index (χ1n) is 12.1. The molecule has 36 heavy (non-hydrogen) atoms. The average Bonchev–Trinajstić information content (AvgIpc) is 2.94. The zero-order valence-corrected chi connectivity index (χ0v) is 20.4. The molecule has 2 heterocycles. The summed E-state index contributed by atoms with van der Waals surface area (Å²) in [6, 6.07) is 18.1. The molecule has 2 amide bonds. The normalized spacial score (nSPS) is 17.7. The van der Waals surface area contributed by atoms with Crippen LogP contribution >= 0.6 is 0 Å². The Morgan fingerprint density at radius 2 is 1.86 bits per heavy atom. The molecule has 4 rings (SSSR count). The van der Waals surface area contributed by atoms with Crippen LogP contribution in [0.4, 0.5) is 4.39 Å². The lowest BCUT2D eigenvalue weighted by molar-refractivity contribution is -0.122. The summed E-state index contributed by atoms with van der Waals surface area (Å²) in [6.07, 6.45) is 4.54. The van der Waals surface area contributed by atoms with Gasteiger partial charge in [-0.05, 0) is 47.9 Å². The Morgan fingerprint density at radius 3 is 2.58 bits per heavy atom. The zero-order valence-electron chi connectivity index (χ0n) is 20.4. The molecule has 0 bridgehead atoms. The third-order valence-corrected chi connectivity index (χ3v) is 6.40. The standard InChI is InChI=1S/C28H31FN4O3/c1-36-26-9-8-23(18-24(26)29)28(35)32-15-5-16-33(20-21-10-12-30-13-11-21)25(19-27(34)31-14-17-32)22-6-3-2-4-7-22/h2-4,6-13,18,25H,5,14-17,19-20H2,1H3,(H,31,34). The molecule has 1 aliphatic rings. The summed E-state index contributed by atoms with van der Waals surface area (Å²) in [5.41, 5.74) is 2.43. The van der Waals surface area contributed by atoms with Crippen molar-refractivity contribution in [3.63, 3.8) is 0 Å². The molecule has 7 nitrogen and oxygen atoms in total. The first-order valence-corrected chi connectivity index (χ1v) is 12.1. The van der Waals surface area contributed by atoms with Crippen molar-refractivity contribution < 1.29 is 18.7 Å². The molecule has 0 radical (unpaired) electrons. The molecule has 188 valence electrons. The van der Waals surface area contributed by atoms with Gasteiger partial charge < -0.3 is 15.0 Å². The third kappa shape index (κ3) is 6.46. The number of hydrogen-bond acceptors (Lipinski definition) is 5. The number of rotatable bonds is 5. The number of pyridine rings is 1. The number of hydrogen-bond donors (Lipinski definition) is 1. The van der Waals surface area contributed by atoms with Crippen LogP contribution in [0.5, 0.6) is 5.75 Å². The summed E-state index contributed by atoms with van der Waals surface area (Å²) >= 11 is 0. The molecular weight excluding hydrogens is 459 g/mol. The molecule has 0 aliphatic carbocycles. The van der Waals surface area contributed by atoms with E-state index in [1.807, 2.05) is 42.5 Å². The Bertz CT molecular complexity index is 1160. The van der Waals surface area contributed by atoms with E-state index >= 15 is 0 Å². The highest BCUT2D eigenvalue weighted by Gasteiger charge is 2.26. The smallest absolute Gasteiger partial charge is 0.254 e. The number of amides is 2. The largest absolute Gasteiger partial charge is 0.494 e. The molecular formula is C28H31FN4O3. The summed E-state index contributed by atoms with van der Waals surface area (Å²) in [7, 11) is 1.39. The molecule has 8 heteroatoms. The van der Waals surface area contributed by atoms with Crippen LogP contribution in [0.15, 0.2) is 73.1 Å². The molecule has 1 aliphatic heterocycles. The Labute approximate surface area is 210 Å². The van der Waals surface area contributed by atoms with Crippen LogP contribution in [0.1, 0.15) is 40.4 Å². The van der Waals surface area contributed by atoms with Crippen molar-refractivity contribution in [2.45, 2.75) is 25.4 Å². The van der Waals surface area contributed by atoms with E-state index in [2.05, 4.69) is 15.2 Å². The number of aromatic nitrogens is 1. The van der Waals surface area contributed by atoms with E-state index < -0.39 is 5.82 Å². The fraction of sp³-hybridized carbons (Fsp3) is 0.321. The van der Waals surface area contributed by atoms with Gasteiger partial charge in [0.05, 0.1) is 7.11 Å². The monoisotopic (exact) mass is 490 g/mol. The van der Waals surface area contributed by atoms with E-state index in [0.717, 1.165) is 11.1 Å².